The maximum Gasteiger partial charge on any atom is 0.248 e. The molecule has 0 saturated heterocycles. The van der Waals surface area contributed by atoms with Gasteiger partial charge in [0, 0.05) is 6.08 Å². The molecule has 2 aromatic carbocycles. The van der Waals surface area contributed by atoms with E-state index in [4.69, 9.17) is 44.3 Å². The molecule has 126 valence electrons. The third-order valence-corrected chi connectivity index (χ3v) is 4.14. The molecule has 0 heterocycles. The highest BCUT2D eigenvalue weighted by molar-refractivity contribution is 6.44. The molecule has 0 radical (unpaired) electrons. The third-order valence-electron chi connectivity index (χ3n) is 3.10. The minimum atomic E-state index is -0.356. The second-order valence-corrected chi connectivity index (χ2v) is 5.90. The van der Waals surface area contributed by atoms with E-state index in [1.54, 1.807) is 38.5 Å². The highest BCUT2D eigenvalue weighted by atomic mass is 35.5. The van der Waals surface area contributed by atoms with Crippen molar-refractivity contribution in [2.45, 2.75) is 0 Å². The molecule has 0 aliphatic carbocycles. The molecule has 1 amide bonds. The summed E-state index contributed by atoms with van der Waals surface area (Å²) in [4.78, 5) is 12.0. The number of methoxy groups -OCH3 is 2. The zero-order chi connectivity index (χ0) is 17.7. The minimum Gasteiger partial charge on any atom is -0.493 e. The Balaban J connectivity index is 2.12. The number of rotatable bonds is 5. The van der Waals surface area contributed by atoms with E-state index in [1.165, 1.54) is 18.2 Å². The van der Waals surface area contributed by atoms with E-state index in [9.17, 15) is 4.79 Å². The van der Waals surface area contributed by atoms with Gasteiger partial charge in [0.1, 0.15) is 0 Å². The second-order valence-electron chi connectivity index (χ2n) is 4.68. The lowest BCUT2D eigenvalue weighted by Gasteiger charge is -2.08. The Morgan fingerprint density at radius 3 is 2.29 bits per heavy atom. The van der Waals surface area contributed by atoms with Gasteiger partial charge in [-0.05, 0) is 35.9 Å². The van der Waals surface area contributed by atoms with E-state index < -0.39 is 0 Å². The molecule has 4 nitrogen and oxygen atoms in total. The van der Waals surface area contributed by atoms with E-state index in [-0.39, 0.29) is 5.91 Å². The van der Waals surface area contributed by atoms with Crippen molar-refractivity contribution in [3.8, 4) is 11.5 Å². The average Bonchev–Trinajstić information content (AvgIpc) is 2.57. The third kappa shape index (κ3) is 4.57. The molecular formula is C17H14Cl3NO3. The molecule has 24 heavy (non-hydrogen) atoms. The maximum absolute atomic E-state index is 12.0. The largest absolute Gasteiger partial charge is 0.493 e. The first-order valence-corrected chi connectivity index (χ1v) is 7.93. The van der Waals surface area contributed by atoms with E-state index in [2.05, 4.69) is 5.32 Å². The standard InChI is InChI=1S/C17H14Cl3NO3/c1-23-15-5-3-10(7-16(15)24-2)4-6-17(22)21-14-9-12(19)11(18)8-13(14)20/h3-9H,1-2H3,(H,21,22)/b6-4+. The van der Waals surface area contributed by atoms with Crippen molar-refractivity contribution in [2.75, 3.05) is 19.5 Å². The number of hydrogen-bond donors (Lipinski definition) is 1. The molecule has 7 heteroatoms. The molecule has 2 rings (SSSR count). The first kappa shape index (κ1) is 18.5. The second kappa shape index (κ2) is 8.29. The van der Waals surface area contributed by atoms with Gasteiger partial charge in [-0.3, -0.25) is 4.79 Å². The SMILES string of the molecule is COc1ccc(/C=C/C(=O)Nc2cc(Cl)c(Cl)cc2Cl)cc1OC. The lowest BCUT2D eigenvalue weighted by atomic mass is 10.2. The van der Waals surface area contributed by atoms with Crippen LogP contribution in [0.25, 0.3) is 6.08 Å². The van der Waals surface area contributed by atoms with Crippen molar-refractivity contribution in [2.24, 2.45) is 0 Å². The lowest BCUT2D eigenvalue weighted by Crippen LogP contribution is -2.08. The summed E-state index contributed by atoms with van der Waals surface area (Å²) in [5.74, 6) is 0.833. The molecule has 2 aromatic rings. The Morgan fingerprint density at radius 2 is 1.62 bits per heavy atom. The van der Waals surface area contributed by atoms with Gasteiger partial charge >= 0.3 is 0 Å². The average molecular weight is 387 g/mol. The Morgan fingerprint density at radius 1 is 0.958 bits per heavy atom. The summed E-state index contributed by atoms with van der Waals surface area (Å²) < 4.78 is 10.4. The molecule has 0 atom stereocenters. The number of carbonyl (C=O) groups is 1. The van der Waals surface area contributed by atoms with Gasteiger partial charge in [-0.1, -0.05) is 40.9 Å². The first-order valence-electron chi connectivity index (χ1n) is 6.80. The summed E-state index contributed by atoms with van der Waals surface area (Å²) in [6.07, 6.45) is 3.02. The Kier molecular flexibility index (Phi) is 6.37. The van der Waals surface area contributed by atoms with Gasteiger partial charge in [-0.2, -0.15) is 0 Å². The first-order chi connectivity index (χ1) is 11.4. The minimum absolute atomic E-state index is 0.303. The van der Waals surface area contributed by atoms with Crippen molar-refractivity contribution >= 4 is 52.5 Å². The van der Waals surface area contributed by atoms with E-state index >= 15 is 0 Å². The Labute approximate surface area is 154 Å². The topological polar surface area (TPSA) is 47.6 Å². The van der Waals surface area contributed by atoms with Crippen molar-refractivity contribution in [3.63, 3.8) is 0 Å². The van der Waals surface area contributed by atoms with Crippen molar-refractivity contribution in [1.82, 2.24) is 0 Å². The fourth-order valence-corrected chi connectivity index (χ4v) is 2.52. The molecule has 0 unspecified atom stereocenters. The summed E-state index contributed by atoms with van der Waals surface area (Å²) in [6.45, 7) is 0. The number of nitrogens with one attached hydrogen (secondary N) is 1. The monoisotopic (exact) mass is 385 g/mol. The summed E-state index contributed by atoms with van der Waals surface area (Å²) in [6, 6.07) is 8.28. The molecule has 0 aliphatic heterocycles. The van der Waals surface area contributed by atoms with Crippen LogP contribution in [-0.4, -0.2) is 20.1 Å². The van der Waals surface area contributed by atoms with Gasteiger partial charge < -0.3 is 14.8 Å². The van der Waals surface area contributed by atoms with Crippen LogP contribution >= 0.6 is 34.8 Å². The molecule has 1 N–H and O–H groups in total. The van der Waals surface area contributed by atoms with Gasteiger partial charge in [0.15, 0.2) is 11.5 Å². The molecule has 0 bridgehead atoms. The molecule has 0 fully saturated rings. The van der Waals surface area contributed by atoms with E-state index in [0.717, 1.165) is 5.56 Å². The predicted octanol–water partition coefficient (Wildman–Crippen LogP) is 5.32. The molecule has 0 aromatic heterocycles. The maximum atomic E-state index is 12.0. The van der Waals surface area contributed by atoms with Gasteiger partial charge in [-0.15, -0.1) is 0 Å². The number of amides is 1. The van der Waals surface area contributed by atoms with Crippen LogP contribution in [0.5, 0.6) is 11.5 Å². The Bertz CT molecular complexity index is 791. The highest BCUT2D eigenvalue weighted by Crippen LogP contribution is 2.32. The lowest BCUT2D eigenvalue weighted by molar-refractivity contribution is -0.111. The normalized spacial score (nSPS) is 10.7. The highest BCUT2D eigenvalue weighted by Gasteiger charge is 2.08. The van der Waals surface area contributed by atoms with Crippen LogP contribution in [0.15, 0.2) is 36.4 Å². The van der Waals surface area contributed by atoms with Crippen LogP contribution in [0.4, 0.5) is 5.69 Å². The van der Waals surface area contributed by atoms with Crippen molar-refractivity contribution < 1.29 is 14.3 Å². The predicted molar refractivity (Wildman–Crippen MR) is 98.7 cm³/mol. The fourth-order valence-electron chi connectivity index (χ4n) is 1.92. The number of hydrogen-bond acceptors (Lipinski definition) is 3. The van der Waals surface area contributed by atoms with E-state index in [0.29, 0.717) is 32.3 Å². The fraction of sp³-hybridized carbons (Fsp3) is 0.118. The van der Waals surface area contributed by atoms with Crippen LogP contribution < -0.4 is 14.8 Å². The zero-order valence-electron chi connectivity index (χ0n) is 12.9. The van der Waals surface area contributed by atoms with Gasteiger partial charge in [-0.25, -0.2) is 0 Å². The van der Waals surface area contributed by atoms with Gasteiger partial charge in [0.25, 0.3) is 0 Å². The Hall–Kier alpha value is -1.88. The number of benzene rings is 2. The summed E-state index contributed by atoms with van der Waals surface area (Å²) >= 11 is 17.8. The van der Waals surface area contributed by atoms with Gasteiger partial charge in [0.05, 0.1) is 35.0 Å². The quantitative estimate of drug-likeness (QED) is 0.559. The van der Waals surface area contributed by atoms with Crippen LogP contribution in [0, 0.1) is 0 Å². The van der Waals surface area contributed by atoms with Crippen LogP contribution in [0.3, 0.4) is 0 Å². The van der Waals surface area contributed by atoms with E-state index in [1.807, 2.05) is 0 Å². The van der Waals surface area contributed by atoms with Crippen molar-refractivity contribution in [3.05, 3.63) is 57.0 Å². The molecule has 0 aliphatic rings. The summed E-state index contributed by atoms with van der Waals surface area (Å²) in [5, 5.41) is 3.57. The smallest absolute Gasteiger partial charge is 0.248 e. The zero-order valence-corrected chi connectivity index (χ0v) is 15.2. The number of carbonyl (C=O) groups excluding carboxylic acids is 1. The summed E-state index contributed by atoms with van der Waals surface area (Å²) in [7, 11) is 3.10. The number of ether oxygens (including phenoxy) is 2. The molecule has 0 saturated carbocycles. The molecular weight excluding hydrogens is 373 g/mol. The summed E-state index contributed by atoms with van der Waals surface area (Å²) in [5.41, 5.74) is 1.16. The van der Waals surface area contributed by atoms with Crippen LogP contribution in [0.2, 0.25) is 15.1 Å². The number of halogens is 3. The van der Waals surface area contributed by atoms with Crippen LogP contribution in [-0.2, 0) is 4.79 Å². The van der Waals surface area contributed by atoms with Gasteiger partial charge in [0.2, 0.25) is 5.91 Å². The number of anilines is 1. The molecule has 0 spiro atoms. The van der Waals surface area contributed by atoms with Crippen LogP contribution in [0.1, 0.15) is 5.56 Å². The van der Waals surface area contributed by atoms with Crippen molar-refractivity contribution in [1.29, 1.82) is 0 Å².